The van der Waals surface area contributed by atoms with Crippen molar-refractivity contribution in [3.05, 3.63) is 40.4 Å². The third-order valence-corrected chi connectivity index (χ3v) is 2.39. The summed E-state index contributed by atoms with van der Waals surface area (Å²) in [5.41, 5.74) is 0.769. The van der Waals surface area contributed by atoms with Crippen molar-refractivity contribution in [1.82, 2.24) is 0 Å². The third-order valence-electron chi connectivity index (χ3n) is 1.98. The van der Waals surface area contributed by atoms with Crippen molar-refractivity contribution in [2.45, 2.75) is 6.92 Å². The Labute approximate surface area is 96.8 Å². The number of benzene rings is 1. The van der Waals surface area contributed by atoms with E-state index in [1.807, 2.05) is 0 Å². The van der Waals surface area contributed by atoms with Gasteiger partial charge in [-0.3, -0.25) is 0 Å². The summed E-state index contributed by atoms with van der Waals surface area (Å²) in [6.07, 6.45) is 0.642. The Morgan fingerprint density at radius 3 is 2.38 bits per heavy atom. The Morgan fingerprint density at radius 2 is 1.94 bits per heavy atom. The highest BCUT2D eigenvalue weighted by Gasteiger charge is 2.13. The van der Waals surface area contributed by atoms with Crippen LogP contribution in [0.1, 0.15) is 11.1 Å². The minimum atomic E-state index is -1.31. The summed E-state index contributed by atoms with van der Waals surface area (Å²) in [6.45, 7) is 1.77. The Morgan fingerprint density at radius 1 is 1.31 bits per heavy atom. The summed E-state index contributed by atoms with van der Waals surface area (Å²) in [5, 5.41) is 17.8. The van der Waals surface area contributed by atoms with E-state index in [4.69, 9.17) is 21.8 Å². The van der Waals surface area contributed by atoms with Crippen molar-refractivity contribution < 1.29 is 19.8 Å². The molecule has 0 atom stereocenters. The first-order chi connectivity index (χ1) is 7.41. The van der Waals surface area contributed by atoms with Crippen LogP contribution in [0.3, 0.4) is 0 Å². The van der Waals surface area contributed by atoms with Crippen LogP contribution in [-0.2, 0) is 9.59 Å². The van der Waals surface area contributed by atoms with E-state index in [1.54, 1.807) is 13.0 Å². The molecule has 0 unspecified atom stereocenters. The van der Waals surface area contributed by atoms with Gasteiger partial charge in [-0.2, -0.15) is 0 Å². The van der Waals surface area contributed by atoms with E-state index in [1.165, 1.54) is 12.1 Å². The number of carboxylic acid groups (broad SMARTS) is 2. The van der Waals surface area contributed by atoms with Gasteiger partial charge in [0.2, 0.25) is 0 Å². The zero-order chi connectivity index (χ0) is 12.3. The van der Waals surface area contributed by atoms with Crippen LogP contribution in [0.2, 0.25) is 5.02 Å². The monoisotopic (exact) mass is 240 g/mol. The molecule has 0 fully saturated rings. The highest BCUT2D eigenvalue weighted by Crippen LogP contribution is 2.22. The van der Waals surface area contributed by atoms with Gasteiger partial charge in [-0.1, -0.05) is 23.7 Å². The minimum absolute atomic E-state index is 0.269. The molecular formula is C11H9ClO4. The second kappa shape index (κ2) is 4.81. The number of hydrogen-bond acceptors (Lipinski definition) is 2. The van der Waals surface area contributed by atoms with Gasteiger partial charge in [0.05, 0.1) is 5.57 Å². The number of carbonyl (C=O) groups is 2. The Hall–Kier alpha value is -1.81. The van der Waals surface area contributed by atoms with Crippen LogP contribution in [0.25, 0.3) is 5.57 Å². The Kier molecular flexibility index (Phi) is 3.68. The molecule has 0 saturated carbocycles. The largest absolute Gasteiger partial charge is 0.478 e. The van der Waals surface area contributed by atoms with Crippen LogP contribution < -0.4 is 0 Å². The van der Waals surface area contributed by atoms with Crippen LogP contribution in [0, 0.1) is 6.92 Å². The van der Waals surface area contributed by atoms with Crippen LogP contribution >= 0.6 is 11.6 Å². The van der Waals surface area contributed by atoms with Gasteiger partial charge in [0.25, 0.3) is 0 Å². The van der Waals surface area contributed by atoms with Crippen molar-refractivity contribution in [1.29, 1.82) is 0 Å². The molecule has 4 nitrogen and oxygen atoms in total. The van der Waals surface area contributed by atoms with Crippen molar-refractivity contribution in [3.63, 3.8) is 0 Å². The van der Waals surface area contributed by atoms with Gasteiger partial charge in [0.15, 0.2) is 0 Å². The molecule has 1 aromatic carbocycles. The molecule has 0 aliphatic rings. The van der Waals surface area contributed by atoms with Gasteiger partial charge in [-0.05, 0) is 24.1 Å². The molecule has 0 amide bonds. The van der Waals surface area contributed by atoms with Crippen molar-refractivity contribution in [2.75, 3.05) is 0 Å². The highest BCUT2D eigenvalue weighted by molar-refractivity contribution is 6.32. The van der Waals surface area contributed by atoms with E-state index in [0.717, 1.165) is 5.56 Å². The van der Waals surface area contributed by atoms with Gasteiger partial charge >= 0.3 is 11.9 Å². The van der Waals surface area contributed by atoms with Crippen LogP contribution in [0.15, 0.2) is 24.3 Å². The molecule has 1 aromatic rings. The molecule has 84 valence electrons. The van der Waals surface area contributed by atoms with E-state index in [2.05, 4.69) is 0 Å². The first kappa shape index (κ1) is 12.3. The quantitative estimate of drug-likeness (QED) is 0.795. The van der Waals surface area contributed by atoms with Gasteiger partial charge in [0, 0.05) is 11.1 Å². The first-order valence-electron chi connectivity index (χ1n) is 4.36. The number of carboxylic acids is 2. The third kappa shape index (κ3) is 2.84. The van der Waals surface area contributed by atoms with E-state index in [9.17, 15) is 9.59 Å². The molecular weight excluding hydrogens is 232 g/mol. The average molecular weight is 241 g/mol. The van der Waals surface area contributed by atoms with Crippen LogP contribution in [0.4, 0.5) is 0 Å². The number of rotatable bonds is 3. The molecule has 0 bridgehead atoms. The molecule has 0 saturated heterocycles. The van der Waals surface area contributed by atoms with Gasteiger partial charge in [-0.15, -0.1) is 0 Å². The second-order valence-corrected chi connectivity index (χ2v) is 3.57. The zero-order valence-electron chi connectivity index (χ0n) is 8.40. The number of hydrogen-bond donors (Lipinski definition) is 2. The fraction of sp³-hybridized carbons (Fsp3) is 0.0909. The molecule has 5 heteroatoms. The normalized spacial score (nSPS) is 11.2. The van der Waals surface area contributed by atoms with Crippen LogP contribution in [0.5, 0.6) is 0 Å². The molecule has 0 heterocycles. The van der Waals surface area contributed by atoms with Gasteiger partial charge in [-0.25, -0.2) is 9.59 Å². The summed E-state index contributed by atoms with van der Waals surface area (Å²) in [5.74, 6) is -2.61. The van der Waals surface area contributed by atoms with E-state index in [0.29, 0.717) is 11.1 Å². The molecule has 0 radical (unpaired) electrons. The smallest absolute Gasteiger partial charge is 0.336 e. The number of aliphatic carboxylic acids is 2. The standard InChI is InChI=1S/C11H9ClO4/c1-6-2-3-7(4-9(6)12)8(11(15)16)5-10(13)14/h2-5H,1H3,(H,13,14)(H,15,16). The van der Waals surface area contributed by atoms with Gasteiger partial charge in [0.1, 0.15) is 0 Å². The van der Waals surface area contributed by atoms with Crippen LogP contribution in [-0.4, -0.2) is 22.2 Å². The fourth-order valence-electron chi connectivity index (χ4n) is 1.15. The first-order valence-corrected chi connectivity index (χ1v) is 4.74. The molecule has 16 heavy (non-hydrogen) atoms. The maximum atomic E-state index is 10.9. The fourth-order valence-corrected chi connectivity index (χ4v) is 1.33. The van der Waals surface area contributed by atoms with Crippen molar-refractivity contribution in [3.8, 4) is 0 Å². The number of halogens is 1. The highest BCUT2D eigenvalue weighted by atomic mass is 35.5. The average Bonchev–Trinajstić information content (AvgIpc) is 2.18. The lowest BCUT2D eigenvalue weighted by molar-refractivity contribution is -0.133. The summed E-state index contributed by atoms with van der Waals surface area (Å²) < 4.78 is 0. The number of aryl methyl sites for hydroxylation is 1. The van der Waals surface area contributed by atoms with E-state index >= 15 is 0 Å². The molecule has 0 aliphatic carbocycles. The molecule has 0 spiro atoms. The van der Waals surface area contributed by atoms with Gasteiger partial charge < -0.3 is 10.2 Å². The summed E-state index contributed by atoms with van der Waals surface area (Å²) in [6, 6.07) is 4.58. The molecule has 1 rings (SSSR count). The lowest BCUT2D eigenvalue weighted by Gasteiger charge is -2.04. The maximum Gasteiger partial charge on any atom is 0.336 e. The lowest BCUT2D eigenvalue weighted by atomic mass is 10.0. The SMILES string of the molecule is Cc1ccc(C(=CC(=O)O)C(=O)O)cc1Cl. The molecule has 0 aromatic heterocycles. The topological polar surface area (TPSA) is 74.6 Å². The minimum Gasteiger partial charge on any atom is -0.478 e. The predicted molar refractivity (Wildman–Crippen MR) is 59.4 cm³/mol. The summed E-state index contributed by atoms with van der Waals surface area (Å²) >= 11 is 5.83. The molecule has 2 N–H and O–H groups in total. The molecule has 0 aliphatic heterocycles. The second-order valence-electron chi connectivity index (χ2n) is 3.17. The Balaban J connectivity index is 3.27. The van der Waals surface area contributed by atoms with Crippen molar-refractivity contribution >= 4 is 29.1 Å². The maximum absolute atomic E-state index is 10.9. The zero-order valence-corrected chi connectivity index (χ0v) is 9.15. The lowest BCUT2D eigenvalue weighted by Crippen LogP contribution is -2.03. The summed E-state index contributed by atoms with van der Waals surface area (Å²) in [4.78, 5) is 21.3. The van der Waals surface area contributed by atoms with E-state index in [-0.39, 0.29) is 11.1 Å². The predicted octanol–water partition coefficient (Wildman–Crippen LogP) is 2.20. The van der Waals surface area contributed by atoms with E-state index < -0.39 is 11.9 Å². The van der Waals surface area contributed by atoms with Crippen molar-refractivity contribution in [2.24, 2.45) is 0 Å². The Bertz CT molecular complexity index is 477. The summed E-state index contributed by atoms with van der Waals surface area (Å²) in [7, 11) is 0.